The number of nitrogens with zero attached hydrogens (tertiary/aromatic N) is 2. The van der Waals surface area contributed by atoms with Gasteiger partial charge in [-0.3, -0.25) is 4.57 Å². The Kier molecular flexibility index (Phi) is 4.56. The number of hydrogen-bond donors (Lipinski definition) is 0. The van der Waals surface area contributed by atoms with Gasteiger partial charge in [-0.25, -0.2) is 4.79 Å². The normalized spacial score (nSPS) is 17.4. The lowest BCUT2D eigenvalue weighted by molar-refractivity contribution is 0.0544. The highest BCUT2D eigenvalue weighted by molar-refractivity contribution is 5.90. The standard InChI is InChI=1S/C21H26N2O2/c1-21(2,3)25-20(24)23-11-10-18-13-17(8-9-19(18)23)16-7-6-15(12-16)14-22(4)5/h6-13,16H,14H2,1-5H3. The highest BCUT2D eigenvalue weighted by atomic mass is 16.6. The molecule has 0 spiro atoms. The lowest BCUT2D eigenvalue weighted by Gasteiger charge is -2.19. The third-order valence-corrected chi connectivity index (χ3v) is 4.10. The summed E-state index contributed by atoms with van der Waals surface area (Å²) in [6.45, 7) is 6.57. The molecule has 4 heteroatoms. The van der Waals surface area contributed by atoms with Crippen LogP contribution in [0.2, 0.25) is 0 Å². The van der Waals surface area contributed by atoms with E-state index < -0.39 is 5.60 Å². The Hall–Kier alpha value is -2.33. The average molecular weight is 338 g/mol. The van der Waals surface area contributed by atoms with Crippen molar-refractivity contribution in [1.29, 1.82) is 0 Å². The van der Waals surface area contributed by atoms with E-state index in [0.717, 1.165) is 17.4 Å². The maximum Gasteiger partial charge on any atom is 0.418 e. The summed E-state index contributed by atoms with van der Waals surface area (Å²) in [4.78, 5) is 14.5. The fraction of sp³-hybridized carbons (Fsp3) is 0.381. The maximum atomic E-state index is 12.3. The topological polar surface area (TPSA) is 34.5 Å². The zero-order chi connectivity index (χ0) is 18.2. The summed E-state index contributed by atoms with van der Waals surface area (Å²) in [6.07, 6.45) is 8.15. The van der Waals surface area contributed by atoms with Gasteiger partial charge in [0.15, 0.2) is 0 Å². The molecule has 0 saturated carbocycles. The van der Waals surface area contributed by atoms with Crippen LogP contribution in [0.3, 0.4) is 0 Å². The molecule has 0 amide bonds. The van der Waals surface area contributed by atoms with E-state index in [1.165, 1.54) is 11.1 Å². The summed E-state index contributed by atoms with van der Waals surface area (Å²) >= 11 is 0. The van der Waals surface area contributed by atoms with Crippen LogP contribution in [0.4, 0.5) is 4.79 Å². The van der Waals surface area contributed by atoms with Gasteiger partial charge < -0.3 is 9.64 Å². The summed E-state index contributed by atoms with van der Waals surface area (Å²) in [5, 5.41) is 1.05. The van der Waals surface area contributed by atoms with Crippen molar-refractivity contribution in [2.24, 2.45) is 0 Å². The second kappa shape index (κ2) is 6.52. The molecule has 1 aromatic heterocycles. The van der Waals surface area contributed by atoms with E-state index in [-0.39, 0.29) is 6.09 Å². The third-order valence-electron chi connectivity index (χ3n) is 4.10. The number of carbonyl (C=O) groups excluding carboxylic acids is 1. The first-order valence-electron chi connectivity index (χ1n) is 8.61. The summed E-state index contributed by atoms with van der Waals surface area (Å²) < 4.78 is 7.04. The number of hydrogen-bond acceptors (Lipinski definition) is 3. The van der Waals surface area contributed by atoms with Gasteiger partial charge in [-0.15, -0.1) is 0 Å². The molecule has 0 saturated heterocycles. The number of allylic oxidation sites excluding steroid dienone is 2. The predicted octanol–water partition coefficient (Wildman–Crippen LogP) is 4.57. The van der Waals surface area contributed by atoms with Crippen molar-refractivity contribution in [3.05, 3.63) is 59.8 Å². The number of aromatic nitrogens is 1. The van der Waals surface area contributed by atoms with Gasteiger partial charge in [0.05, 0.1) is 5.52 Å². The number of ether oxygens (including phenoxy) is 1. The first kappa shape index (κ1) is 17.5. The van der Waals surface area contributed by atoms with Crippen molar-refractivity contribution in [3.8, 4) is 0 Å². The van der Waals surface area contributed by atoms with E-state index in [4.69, 9.17) is 4.74 Å². The number of rotatable bonds is 3. The molecule has 0 aliphatic heterocycles. The van der Waals surface area contributed by atoms with Crippen molar-refractivity contribution < 1.29 is 9.53 Å². The van der Waals surface area contributed by atoms with Gasteiger partial charge in [0.2, 0.25) is 0 Å². The Bertz CT molecular complexity index is 850. The van der Waals surface area contributed by atoms with E-state index in [0.29, 0.717) is 5.92 Å². The van der Waals surface area contributed by atoms with E-state index >= 15 is 0 Å². The Morgan fingerprint density at radius 2 is 2.00 bits per heavy atom. The molecule has 2 aromatic rings. The van der Waals surface area contributed by atoms with E-state index in [1.807, 2.05) is 32.9 Å². The van der Waals surface area contributed by atoms with E-state index in [2.05, 4.69) is 49.4 Å². The van der Waals surface area contributed by atoms with Gasteiger partial charge in [-0.2, -0.15) is 0 Å². The van der Waals surface area contributed by atoms with E-state index in [1.54, 1.807) is 10.8 Å². The van der Waals surface area contributed by atoms with Crippen LogP contribution in [0.1, 0.15) is 32.3 Å². The summed E-state index contributed by atoms with van der Waals surface area (Å²) in [6, 6.07) is 8.21. The van der Waals surface area contributed by atoms with E-state index in [9.17, 15) is 4.79 Å². The fourth-order valence-electron chi connectivity index (χ4n) is 3.09. The zero-order valence-electron chi connectivity index (χ0n) is 15.6. The maximum absolute atomic E-state index is 12.3. The highest BCUT2D eigenvalue weighted by Crippen LogP contribution is 2.29. The van der Waals surface area contributed by atoms with Crippen molar-refractivity contribution in [3.63, 3.8) is 0 Å². The molecule has 1 aromatic carbocycles. The van der Waals surface area contributed by atoms with Crippen molar-refractivity contribution in [2.45, 2.75) is 32.3 Å². The largest absolute Gasteiger partial charge is 0.443 e. The van der Waals surface area contributed by atoms with Gasteiger partial charge in [-0.05, 0) is 64.2 Å². The van der Waals surface area contributed by atoms with Crippen LogP contribution in [0, 0.1) is 0 Å². The van der Waals surface area contributed by atoms with Crippen LogP contribution in [0.5, 0.6) is 0 Å². The number of likely N-dealkylation sites (N-methyl/N-ethyl adjacent to an activating group) is 1. The SMILES string of the molecule is CN(C)CC1=CC(c2ccc3c(ccn3C(=O)OC(C)(C)C)c2)C=C1. The fourth-order valence-corrected chi connectivity index (χ4v) is 3.09. The molecule has 1 atom stereocenters. The summed E-state index contributed by atoms with van der Waals surface area (Å²) in [7, 11) is 4.15. The minimum Gasteiger partial charge on any atom is -0.443 e. The smallest absolute Gasteiger partial charge is 0.418 e. The Labute approximate surface area is 149 Å². The molecular formula is C21H26N2O2. The third kappa shape index (κ3) is 4.02. The van der Waals surface area contributed by atoms with Crippen LogP contribution in [0.25, 0.3) is 10.9 Å². The first-order valence-corrected chi connectivity index (χ1v) is 8.61. The summed E-state index contributed by atoms with van der Waals surface area (Å²) in [5.41, 5.74) is 2.94. The Morgan fingerprint density at radius 1 is 1.24 bits per heavy atom. The lowest BCUT2D eigenvalue weighted by atomic mass is 9.99. The predicted molar refractivity (Wildman–Crippen MR) is 102 cm³/mol. The quantitative estimate of drug-likeness (QED) is 0.822. The molecule has 4 nitrogen and oxygen atoms in total. The van der Waals surface area contributed by atoms with Gasteiger partial charge in [0, 0.05) is 24.0 Å². The lowest BCUT2D eigenvalue weighted by Crippen LogP contribution is -2.26. The summed E-state index contributed by atoms with van der Waals surface area (Å²) in [5.74, 6) is 0.296. The van der Waals surface area contributed by atoms with Crippen LogP contribution >= 0.6 is 0 Å². The molecular weight excluding hydrogens is 312 g/mol. The molecule has 0 N–H and O–H groups in total. The highest BCUT2D eigenvalue weighted by Gasteiger charge is 2.19. The van der Waals surface area contributed by atoms with Crippen molar-refractivity contribution >= 4 is 17.0 Å². The van der Waals surface area contributed by atoms with Gasteiger partial charge >= 0.3 is 6.09 Å². The molecule has 132 valence electrons. The second-order valence-corrected chi connectivity index (χ2v) is 7.85. The van der Waals surface area contributed by atoms with Crippen LogP contribution in [-0.2, 0) is 4.74 Å². The van der Waals surface area contributed by atoms with Crippen LogP contribution in [-0.4, -0.2) is 41.8 Å². The Balaban J connectivity index is 1.85. The van der Waals surface area contributed by atoms with Gasteiger partial charge in [-0.1, -0.05) is 24.3 Å². The van der Waals surface area contributed by atoms with Gasteiger partial charge in [0.25, 0.3) is 0 Å². The molecule has 0 bridgehead atoms. The molecule has 3 rings (SSSR count). The zero-order valence-corrected chi connectivity index (χ0v) is 15.6. The molecule has 25 heavy (non-hydrogen) atoms. The number of benzene rings is 1. The first-order chi connectivity index (χ1) is 11.7. The molecule has 0 fully saturated rings. The van der Waals surface area contributed by atoms with Crippen molar-refractivity contribution in [2.75, 3.05) is 20.6 Å². The monoisotopic (exact) mass is 338 g/mol. The minimum absolute atomic E-state index is 0.296. The molecule has 1 aliphatic carbocycles. The Morgan fingerprint density at radius 3 is 2.68 bits per heavy atom. The molecule has 0 radical (unpaired) electrons. The number of fused-ring (bicyclic) bond motifs is 1. The van der Waals surface area contributed by atoms with Crippen LogP contribution < -0.4 is 0 Å². The molecule has 1 unspecified atom stereocenters. The van der Waals surface area contributed by atoms with Crippen LogP contribution in [0.15, 0.2) is 54.3 Å². The van der Waals surface area contributed by atoms with Crippen molar-refractivity contribution in [1.82, 2.24) is 9.47 Å². The molecule has 1 heterocycles. The minimum atomic E-state index is -0.504. The average Bonchev–Trinajstić information content (AvgIpc) is 3.10. The second-order valence-electron chi connectivity index (χ2n) is 7.85. The van der Waals surface area contributed by atoms with Gasteiger partial charge in [0.1, 0.15) is 5.60 Å². The molecule has 1 aliphatic rings. The number of carbonyl (C=O) groups is 1.